The van der Waals surface area contributed by atoms with Crippen LogP contribution in [0.25, 0.3) is 0 Å². The molecule has 2 bridgehead atoms. The van der Waals surface area contributed by atoms with Crippen LogP contribution < -0.4 is 0 Å². The topological polar surface area (TPSA) is 114 Å². The molecule has 0 spiro atoms. The van der Waals surface area contributed by atoms with Gasteiger partial charge in [0.1, 0.15) is 6.10 Å². The van der Waals surface area contributed by atoms with E-state index in [1.165, 1.54) is 11.3 Å². The zero-order valence-electron chi connectivity index (χ0n) is 13.7. The first kappa shape index (κ1) is 17.9. The van der Waals surface area contributed by atoms with Gasteiger partial charge in [0.05, 0.1) is 24.1 Å². The highest BCUT2D eigenvalue weighted by Gasteiger charge is 2.79. The molecule has 2 aliphatic rings. The quantitative estimate of drug-likeness (QED) is 0.786. The summed E-state index contributed by atoms with van der Waals surface area (Å²) in [6.07, 6.45) is 0.254. The van der Waals surface area contributed by atoms with Crippen LogP contribution in [-0.4, -0.2) is 11.7 Å². The number of hydrogen-bond donors (Lipinski definition) is 1. The number of nitriles is 3. The zero-order chi connectivity index (χ0) is 18.5. The van der Waals surface area contributed by atoms with E-state index in [1.807, 2.05) is 24.4 Å². The molecule has 25 heavy (non-hydrogen) atoms. The summed E-state index contributed by atoms with van der Waals surface area (Å²) in [5, 5.41) is 40.3. The van der Waals surface area contributed by atoms with Crippen molar-refractivity contribution >= 4 is 33.2 Å². The maximum atomic E-state index is 10.1. The van der Waals surface area contributed by atoms with Gasteiger partial charge in [-0.25, -0.2) is 0 Å². The maximum Gasteiger partial charge on any atom is 0.214 e. The maximum absolute atomic E-state index is 10.1. The first-order chi connectivity index (χ1) is 11.8. The molecule has 2 saturated heterocycles. The molecule has 3 heterocycles. The van der Waals surface area contributed by atoms with Gasteiger partial charge in [-0.3, -0.25) is 5.41 Å². The van der Waals surface area contributed by atoms with Gasteiger partial charge in [0, 0.05) is 21.7 Å². The van der Waals surface area contributed by atoms with Crippen LogP contribution in [0.15, 0.2) is 15.9 Å². The van der Waals surface area contributed by atoms with E-state index in [4.69, 9.17) is 14.9 Å². The van der Waals surface area contributed by atoms with E-state index in [9.17, 15) is 15.8 Å². The normalized spacial score (nSPS) is 35.3. The van der Waals surface area contributed by atoms with Crippen molar-refractivity contribution < 1.29 is 9.47 Å². The van der Waals surface area contributed by atoms with Crippen molar-refractivity contribution in [1.82, 2.24) is 0 Å². The second-order valence-corrected chi connectivity index (χ2v) is 8.26. The van der Waals surface area contributed by atoms with E-state index < -0.39 is 28.6 Å². The Balaban J connectivity index is 2.31. The minimum absolute atomic E-state index is 0.350. The molecule has 8 heteroatoms. The Morgan fingerprint density at radius 1 is 1.32 bits per heavy atom. The number of halogens is 1. The van der Waals surface area contributed by atoms with Crippen molar-refractivity contribution in [2.24, 2.45) is 16.7 Å². The predicted molar refractivity (Wildman–Crippen MR) is 93.2 cm³/mol. The Hall–Kier alpha value is -1.92. The molecule has 0 radical (unpaired) electrons. The van der Waals surface area contributed by atoms with Gasteiger partial charge in [0.2, 0.25) is 17.1 Å². The van der Waals surface area contributed by atoms with Crippen LogP contribution >= 0.6 is 27.3 Å². The van der Waals surface area contributed by atoms with Gasteiger partial charge in [-0.15, -0.1) is 11.3 Å². The lowest BCUT2D eigenvalue weighted by molar-refractivity contribution is -0.273. The van der Waals surface area contributed by atoms with Crippen molar-refractivity contribution in [3.05, 3.63) is 20.8 Å². The van der Waals surface area contributed by atoms with Crippen molar-refractivity contribution in [2.45, 2.75) is 38.6 Å². The standard InChI is InChI=1S/C17H15BrN4O2S/c1-3-4-12-15(2)23-13(11-5-10(18)6-25-11)16(7-19,8-20)17(12,9-21)14(22)24-15/h5-6,12-13,22H,3-4H2,1-2H3. The minimum atomic E-state index is -1.86. The van der Waals surface area contributed by atoms with Gasteiger partial charge < -0.3 is 9.47 Å². The van der Waals surface area contributed by atoms with Gasteiger partial charge >= 0.3 is 0 Å². The Morgan fingerprint density at radius 2 is 2.00 bits per heavy atom. The molecule has 128 valence electrons. The molecule has 4 atom stereocenters. The molecule has 0 amide bonds. The average Bonchev–Trinajstić information content (AvgIpc) is 3.08. The van der Waals surface area contributed by atoms with Crippen molar-refractivity contribution in [1.29, 1.82) is 21.2 Å². The smallest absolute Gasteiger partial charge is 0.214 e. The lowest BCUT2D eigenvalue weighted by Gasteiger charge is -2.48. The molecule has 2 aliphatic heterocycles. The number of rotatable bonds is 3. The summed E-state index contributed by atoms with van der Waals surface area (Å²) in [7, 11) is 0. The van der Waals surface area contributed by atoms with Gasteiger partial charge in [-0.05, 0) is 28.4 Å². The summed E-state index contributed by atoms with van der Waals surface area (Å²) in [6.45, 7) is 3.63. The number of fused-ring (bicyclic) bond motifs is 2. The lowest BCUT2D eigenvalue weighted by Crippen LogP contribution is -2.58. The molecule has 0 aliphatic carbocycles. The Morgan fingerprint density at radius 3 is 2.48 bits per heavy atom. The molecule has 1 N–H and O–H groups in total. The molecule has 1 aromatic heterocycles. The number of nitrogens with one attached hydrogen (secondary N) is 1. The fourth-order valence-corrected chi connectivity index (χ4v) is 5.57. The van der Waals surface area contributed by atoms with Crippen molar-refractivity contribution in [2.75, 3.05) is 0 Å². The van der Waals surface area contributed by atoms with Gasteiger partial charge in [0.15, 0.2) is 5.41 Å². The molecule has 4 unspecified atom stereocenters. The molecule has 0 aromatic carbocycles. The third-order valence-corrected chi connectivity index (χ3v) is 6.88. The fourth-order valence-electron chi connectivity index (χ4n) is 4.04. The first-order valence-corrected chi connectivity index (χ1v) is 9.46. The fraction of sp³-hybridized carbons (Fsp3) is 0.529. The van der Waals surface area contributed by atoms with Gasteiger partial charge in [-0.2, -0.15) is 15.8 Å². The predicted octanol–water partition coefficient (Wildman–Crippen LogP) is 4.27. The van der Waals surface area contributed by atoms with Crippen LogP contribution in [0.2, 0.25) is 0 Å². The number of hydrogen-bond acceptors (Lipinski definition) is 7. The Labute approximate surface area is 158 Å². The SMILES string of the molecule is CCCC1C2(C)OC(=N)C1(C#N)C(C#N)(C#N)C(c1cc(Br)cs1)O2. The number of thiophene rings is 1. The number of nitrogens with zero attached hydrogens (tertiary/aromatic N) is 3. The molecule has 0 saturated carbocycles. The Kier molecular flexibility index (Phi) is 4.16. The largest absolute Gasteiger partial charge is 0.448 e. The summed E-state index contributed by atoms with van der Waals surface area (Å²) >= 11 is 4.70. The van der Waals surface area contributed by atoms with E-state index in [0.29, 0.717) is 17.7 Å². The van der Waals surface area contributed by atoms with Crippen LogP contribution in [0.3, 0.4) is 0 Å². The van der Waals surface area contributed by atoms with Crippen LogP contribution in [0.1, 0.15) is 37.7 Å². The Bertz CT molecular complexity index is 849. The molecule has 2 fully saturated rings. The summed E-state index contributed by atoms with van der Waals surface area (Å²) in [4.78, 5) is 0.647. The molecular formula is C17H15BrN4O2S. The third-order valence-electron chi connectivity index (χ3n) is 5.14. The second-order valence-electron chi connectivity index (χ2n) is 6.41. The molecule has 6 nitrogen and oxygen atoms in total. The van der Waals surface area contributed by atoms with E-state index in [-0.39, 0.29) is 5.90 Å². The summed E-state index contributed by atoms with van der Waals surface area (Å²) in [5.74, 6) is -2.14. The zero-order valence-corrected chi connectivity index (χ0v) is 16.1. The summed E-state index contributed by atoms with van der Waals surface area (Å²) in [6, 6.07) is 8.00. The lowest BCUT2D eigenvalue weighted by atomic mass is 9.53. The van der Waals surface area contributed by atoms with E-state index in [1.54, 1.807) is 13.0 Å². The second kappa shape index (κ2) is 5.81. The van der Waals surface area contributed by atoms with Crippen molar-refractivity contribution in [3.63, 3.8) is 0 Å². The van der Waals surface area contributed by atoms with Gasteiger partial charge in [0.25, 0.3) is 0 Å². The van der Waals surface area contributed by atoms with Crippen LogP contribution in [0.5, 0.6) is 0 Å². The highest BCUT2D eigenvalue weighted by Crippen LogP contribution is 2.67. The average molecular weight is 419 g/mol. The van der Waals surface area contributed by atoms with E-state index in [0.717, 1.165) is 4.47 Å². The van der Waals surface area contributed by atoms with Crippen LogP contribution in [0, 0.1) is 56.2 Å². The van der Waals surface area contributed by atoms with Gasteiger partial charge in [-0.1, -0.05) is 13.3 Å². The first-order valence-electron chi connectivity index (χ1n) is 7.78. The minimum Gasteiger partial charge on any atom is -0.448 e. The van der Waals surface area contributed by atoms with Crippen molar-refractivity contribution in [3.8, 4) is 18.2 Å². The molecular weight excluding hydrogens is 404 g/mol. The highest BCUT2D eigenvalue weighted by molar-refractivity contribution is 9.10. The monoisotopic (exact) mass is 418 g/mol. The molecule has 1 aromatic rings. The van der Waals surface area contributed by atoms with Crippen LogP contribution in [0.4, 0.5) is 0 Å². The summed E-state index contributed by atoms with van der Waals surface area (Å²) < 4.78 is 12.6. The summed E-state index contributed by atoms with van der Waals surface area (Å²) in [5.41, 5.74) is -3.53. The van der Waals surface area contributed by atoms with Crippen LogP contribution in [-0.2, 0) is 9.47 Å². The van der Waals surface area contributed by atoms with E-state index in [2.05, 4.69) is 22.0 Å². The number of ether oxygens (including phenoxy) is 2. The molecule has 3 rings (SSSR count). The van der Waals surface area contributed by atoms with E-state index >= 15 is 0 Å². The highest BCUT2D eigenvalue weighted by atomic mass is 79.9. The third kappa shape index (κ3) is 2.04.